The Labute approximate surface area is 242 Å². The van der Waals surface area contributed by atoms with E-state index < -0.39 is 12.0 Å². The maximum absolute atomic E-state index is 14.0. The molecule has 0 spiro atoms. The summed E-state index contributed by atoms with van der Waals surface area (Å²) >= 11 is 1.36. The largest absolute Gasteiger partial charge is 0.361 e. The van der Waals surface area contributed by atoms with Crippen LogP contribution in [0, 0.1) is 0 Å². The van der Waals surface area contributed by atoms with Crippen molar-refractivity contribution in [3.05, 3.63) is 144 Å². The number of H-pyrrole nitrogens is 1. The normalized spacial score (nSPS) is 11.8. The number of thiazole rings is 1. The van der Waals surface area contributed by atoms with E-state index in [1.54, 1.807) is 0 Å². The highest BCUT2D eigenvalue weighted by Gasteiger charge is 2.29. The molecule has 1 unspecified atom stereocenters. The quantitative estimate of drug-likeness (QED) is 0.183. The summed E-state index contributed by atoms with van der Waals surface area (Å²) in [7, 11) is 0. The molecule has 2 aromatic heterocycles. The maximum atomic E-state index is 14.0. The average Bonchev–Trinajstić information content (AvgIpc) is 3.66. The number of hydrogen-bond donors (Lipinski definition) is 3. The lowest BCUT2D eigenvalue weighted by molar-refractivity contribution is -0.126. The number of amides is 2. The maximum Gasteiger partial charge on any atom is 0.249 e. The summed E-state index contributed by atoms with van der Waals surface area (Å²) in [6.07, 6.45) is 2.22. The van der Waals surface area contributed by atoms with Crippen molar-refractivity contribution in [1.82, 2.24) is 15.3 Å². The smallest absolute Gasteiger partial charge is 0.249 e. The molecule has 0 aliphatic rings. The number of fused-ring (bicyclic) bond motifs is 1. The molecule has 0 saturated carbocycles. The molecule has 6 nitrogen and oxygen atoms in total. The van der Waals surface area contributed by atoms with Crippen LogP contribution in [0.15, 0.2) is 127 Å². The molecule has 6 aromatic rings. The van der Waals surface area contributed by atoms with Gasteiger partial charge in [0.05, 0.1) is 11.6 Å². The van der Waals surface area contributed by atoms with E-state index >= 15 is 0 Å². The number of hydrogen-bond acceptors (Lipinski definition) is 4. The first kappa shape index (κ1) is 26.2. The van der Waals surface area contributed by atoms with Crippen LogP contribution < -0.4 is 10.6 Å². The van der Waals surface area contributed by atoms with Crippen molar-refractivity contribution in [3.8, 4) is 11.3 Å². The highest BCUT2D eigenvalue weighted by atomic mass is 32.1. The Morgan fingerprint density at radius 3 is 2.05 bits per heavy atom. The van der Waals surface area contributed by atoms with E-state index in [0.29, 0.717) is 11.6 Å². The molecule has 41 heavy (non-hydrogen) atoms. The first-order valence-corrected chi connectivity index (χ1v) is 14.3. The van der Waals surface area contributed by atoms with Crippen molar-refractivity contribution in [2.75, 3.05) is 5.32 Å². The molecule has 0 bridgehead atoms. The van der Waals surface area contributed by atoms with Crippen molar-refractivity contribution in [3.63, 3.8) is 0 Å². The summed E-state index contributed by atoms with van der Waals surface area (Å²) in [5.74, 6) is -1.14. The Morgan fingerprint density at radius 2 is 1.37 bits per heavy atom. The van der Waals surface area contributed by atoms with Gasteiger partial charge in [0, 0.05) is 34.5 Å². The van der Waals surface area contributed by atoms with Crippen LogP contribution in [0.2, 0.25) is 0 Å². The van der Waals surface area contributed by atoms with Crippen LogP contribution in [0.1, 0.15) is 22.6 Å². The predicted octanol–water partition coefficient (Wildman–Crippen LogP) is 6.79. The number of nitrogens with zero attached hydrogens (tertiary/aromatic N) is 1. The standard InChI is InChI=1S/C34H28N4O2S/c39-32(38-34-37-30(22-41-34)23-12-4-1-5-13-23)29(20-26-21-35-28-19-11-10-18-27(26)28)36-33(40)31(24-14-6-2-7-15-24)25-16-8-3-9-17-25/h1-19,21-22,29,31,35H,20H2,(H,36,40)(H,37,38,39). The van der Waals surface area contributed by atoms with Gasteiger partial charge in [-0.1, -0.05) is 109 Å². The van der Waals surface area contributed by atoms with Gasteiger partial charge in [0.25, 0.3) is 0 Å². The van der Waals surface area contributed by atoms with Crippen molar-refractivity contribution in [2.45, 2.75) is 18.4 Å². The molecule has 0 radical (unpaired) electrons. The Kier molecular flexibility index (Phi) is 7.69. The molecule has 7 heteroatoms. The minimum atomic E-state index is -0.833. The van der Waals surface area contributed by atoms with Crippen LogP contribution in [0.3, 0.4) is 0 Å². The third-order valence-electron chi connectivity index (χ3n) is 7.06. The molecule has 202 valence electrons. The summed E-state index contributed by atoms with van der Waals surface area (Å²) in [6.45, 7) is 0. The van der Waals surface area contributed by atoms with Gasteiger partial charge in [-0.05, 0) is 22.8 Å². The van der Waals surface area contributed by atoms with Crippen LogP contribution in [0.4, 0.5) is 5.13 Å². The molecule has 0 aliphatic heterocycles. The molecule has 3 N–H and O–H groups in total. The molecule has 6 rings (SSSR count). The summed E-state index contributed by atoms with van der Waals surface area (Å²) < 4.78 is 0. The first-order valence-electron chi connectivity index (χ1n) is 13.4. The van der Waals surface area contributed by atoms with E-state index in [2.05, 4.69) is 20.6 Å². The van der Waals surface area contributed by atoms with Gasteiger partial charge >= 0.3 is 0 Å². The van der Waals surface area contributed by atoms with Gasteiger partial charge in [0.2, 0.25) is 11.8 Å². The third kappa shape index (κ3) is 5.95. The van der Waals surface area contributed by atoms with Gasteiger partial charge in [-0.25, -0.2) is 4.98 Å². The van der Waals surface area contributed by atoms with E-state index in [1.165, 1.54) is 11.3 Å². The van der Waals surface area contributed by atoms with Crippen LogP contribution >= 0.6 is 11.3 Å². The topological polar surface area (TPSA) is 86.9 Å². The van der Waals surface area contributed by atoms with Crippen LogP contribution in [0.25, 0.3) is 22.2 Å². The van der Waals surface area contributed by atoms with Crippen molar-refractivity contribution < 1.29 is 9.59 Å². The summed E-state index contributed by atoms with van der Waals surface area (Å²) in [4.78, 5) is 35.7. The Bertz CT molecular complexity index is 1720. The van der Waals surface area contributed by atoms with E-state index in [1.807, 2.05) is 127 Å². The molecular formula is C34H28N4O2S. The number of carbonyl (C=O) groups excluding carboxylic acids is 2. The lowest BCUT2D eigenvalue weighted by Crippen LogP contribution is -2.47. The molecule has 4 aromatic carbocycles. The van der Waals surface area contributed by atoms with Crippen molar-refractivity contribution in [2.24, 2.45) is 0 Å². The fourth-order valence-corrected chi connectivity index (χ4v) is 5.76. The highest BCUT2D eigenvalue weighted by Crippen LogP contribution is 2.27. The summed E-state index contributed by atoms with van der Waals surface area (Å²) in [6, 6.07) is 36.2. The van der Waals surface area contributed by atoms with Crippen LogP contribution in [-0.2, 0) is 16.0 Å². The zero-order chi connectivity index (χ0) is 28.0. The number of carbonyl (C=O) groups is 2. The lowest BCUT2D eigenvalue weighted by Gasteiger charge is -2.23. The van der Waals surface area contributed by atoms with Gasteiger partial charge in [-0.2, -0.15) is 0 Å². The Hall–Kier alpha value is -5.01. The molecule has 2 amide bonds. The fraction of sp³-hybridized carbons (Fsp3) is 0.0882. The Balaban J connectivity index is 1.30. The minimum Gasteiger partial charge on any atom is -0.361 e. The number of aromatic nitrogens is 2. The van der Waals surface area contributed by atoms with Crippen molar-refractivity contribution >= 4 is 39.2 Å². The average molecular weight is 557 g/mol. The van der Waals surface area contributed by atoms with E-state index in [4.69, 9.17) is 0 Å². The lowest BCUT2D eigenvalue weighted by atomic mass is 9.90. The summed E-state index contributed by atoms with van der Waals surface area (Å²) in [5.41, 5.74) is 5.40. The minimum absolute atomic E-state index is 0.244. The van der Waals surface area contributed by atoms with Crippen LogP contribution in [-0.4, -0.2) is 27.8 Å². The third-order valence-corrected chi connectivity index (χ3v) is 7.82. The van der Waals surface area contributed by atoms with Gasteiger partial charge in [-0.15, -0.1) is 11.3 Å². The second-order valence-corrected chi connectivity index (χ2v) is 10.6. The molecule has 2 heterocycles. The number of rotatable bonds is 9. The number of aromatic amines is 1. The molecule has 0 saturated heterocycles. The number of nitrogens with one attached hydrogen (secondary N) is 3. The number of para-hydroxylation sites is 1. The second kappa shape index (κ2) is 12.0. The van der Waals surface area contributed by atoms with Gasteiger partial charge in [0.1, 0.15) is 6.04 Å². The van der Waals surface area contributed by atoms with E-state index in [-0.39, 0.29) is 11.8 Å². The zero-order valence-electron chi connectivity index (χ0n) is 22.2. The number of anilines is 1. The van der Waals surface area contributed by atoms with Gasteiger partial charge < -0.3 is 15.6 Å². The zero-order valence-corrected chi connectivity index (χ0v) is 23.0. The number of benzene rings is 4. The summed E-state index contributed by atoms with van der Waals surface area (Å²) in [5, 5.41) is 9.46. The van der Waals surface area contributed by atoms with Gasteiger partial charge in [0.15, 0.2) is 5.13 Å². The predicted molar refractivity (Wildman–Crippen MR) is 165 cm³/mol. The Morgan fingerprint density at radius 1 is 0.756 bits per heavy atom. The van der Waals surface area contributed by atoms with Crippen LogP contribution in [0.5, 0.6) is 0 Å². The van der Waals surface area contributed by atoms with Crippen molar-refractivity contribution in [1.29, 1.82) is 0 Å². The first-order chi connectivity index (χ1) is 20.2. The molecular weight excluding hydrogens is 528 g/mol. The molecule has 1 atom stereocenters. The second-order valence-electron chi connectivity index (χ2n) is 9.77. The molecule has 0 fully saturated rings. The van der Waals surface area contributed by atoms with E-state index in [0.717, 1.165) is 38.9 Å². The monoisotopic (exact) mass is 556 g/mol. The SMILES string of the molecule is O=C(Nc1nc(-c2ccccc2)cs1)C(Cc1c[nH]c2ccccc12)NC(=O)C(c1ccccc1)c1ccccc1. The highest BCUT2D eigenvalue weighted by molar-refractivity contribution is 7.14. The fourth-order valence-electron chi connectivity index (χ4n) is 5.04. The van der Waals surface area contributed by atoms with E-state index in [9.17, 15) is 9.59 Å². The van der Waals surface area contributed by atoms with Gasteiger partial charge in [-0.3, -0.25) is 9.59 Å². The molecule has 0 aliphatic carbocycles.